The van der Waals surface area contributed by atoms with Crippen LogP contribution >= 0.6 is 0 Å². The normalized spacial score (nSPS) is 10.4. The fraction of sp³-hybridized carbons (Fsp3) is 0.208. The van der Waals surface area contributed by atoms with E-state index >= 15 is 0 Å². The second-order valence-corrected chi connectivity index (χ2v) is 6.76. The molecule has 0 bridgehead atoms. The van der Waals surface area contributed by atoms with E-state index in [-0.39, 0.29) is 1.43 Å². The molecule has 0 aliphatic heterocycles. The zero-order chi connectivity index (χ0) is 21.8. The number of amides is 1. The van der Waals surface area contributed by atoms with E-state index in [2.05, 4.69) is 10.1 Å². The third-order valence-corrected chi connectivity index (χ3v) is 4.76. The molecule has 30 heavy (non-hydrogen) atoms. The van der Waals surface area contributed by atoms with Gasteiger partial charge in [-0.25, -0.2) is 0 Å². The van der Waals surface area contributed by atoms with Gasteiger partial charge in [0.25, 0.3) is 0 Å². The van der Waals surface area contributed by atoms with Gasteiger partial charge >= 0.3 is 0 Å². The molecule has 6 nitrogen and oxygen atoms in total. The van der Waals surface area contributed by atoms with Crippen LogP contribution < -0.4 is 10.5 Å². The van der Waals surface area contributed by atoms with Gasteiger partial charge in [0.05, 0.1) is 16.9 Å². The summed E-state index contributed by atoms with van der Waals surface area (Å²) in [6.07, 6.45) is 1.70. The van der Waals surface area contributed by atoms with E-state index in [1.807, 2.05) is 81.9 Å². The van der Waals surface area contributed by atoms with Crippen LogP contribution in [0.4, 0.5) is 0 Å². The number of carbonyl (C=O) groups is 1. The maximum Gasteiger partial charge on any atom is 0.248 e. The second-order valence-electron chi connectivity index (χ2n) is 6.76. The smallest absolute Gasteiger partial charge is 0.248 e. The first kappa shape index (κ1) is 21.0. The SMILES string of the molecule is CC.Cc1cc(-c2cc(Oc3ccc4c(C)nn(C)c4c3)ccn2)ccc1C(N)=O.[HH]. The van der Waals surface area contributed by atoms with E-state index in [4.69, 9.17) is 10.5 Å². The third kappa shape index (κ3) is 4.17. The molecule has 0 saturated carbocycles. The van der Waals surface area contributed by atoms with Crippen molar-refractivity contribution < 1.29 is 11.0 Å². The summed E-state index contributed by atoms with van der Waals surface area (Å²) in [5.74, 6) is 0.975. The quantitative estimate of drug-likeness (QED) is 0.492. The largest absolute Gasteiger partial charge is 0.457 e. The number of hydrogen-bond donors (Lipinski definition) is 1. The zero-order valence-electron chi connectivity index (χ0n) is 17.9. The molecule has 0 aliphatic carbocycles. The Morgan fingerprint density at radius 3 is 2.47 bits per heavy atom. The van der Waals surface area contributed by atoms with E-state index < -0.39 is 5.91 Å². The molecular weight excluding hydrogens is 376 g/mol. The Bertz CT molecular complexity index is 1220. The first-order valence-electron chi connectivity index (χ1n) is 9.90. The first-order valence-corrected chi connectivity index (χ1v) is 9.90. The van der Waals surface area contributed by atoms with Gasteiger partial charge in [-0.3, -0.25) is 14.5 Å². The van der Waals surface area contributed by atoms with Gasteiger partial charge in [0.15, 0.2) is 0 Å². The summed E-state index contributed by atoms with van der Waals surface area (Å²) in [5.41, 5.74) is 10.4. The number of rotatable bonds is 4. The van der Waals surface area contributed by atoms with Crippen molar-refractivity contribution in [2.24, 2.45) is 12.8 Å². The molecular formula is C24H28N4O2. The summed E-state index contributed by atoms with van der Waals surface area (Å²) in [6, 6.07) is 15.1. The summed E-state index contributed by atoms with van der Waals surface area (Å²) in [7, 11) is 1.92. The highest BCUT2D eigenvalue weighted by molar-refractivity contribution is 5.94. The van der Waals surface area contributed by atoms with Crippen molar-refractivity contribution in [2.45, 2.75) is 27.7 Å². The van der Waals surface area contributed by atoms with Crippen molar-refractivity contribution >= 4 is 16.8 Å². The number of aromatic nitrogens is 3. The highest BCUT2D eigenvalue weighted by Crippen LogP contribution is 2.29. The minimum absolute atomic E-state index is 0. The fourth-order valence-corrected chi connectivity index (χ4v) is 3.35. The van der Waals surface area contributed by atoms with Crippen LogP contribution in [0, 0.1) is 13.8 Å². The predicted octanol–water partition coefficient (Wildman–Crippen LogP) is 5.42. The number of ether oxygens (including phenoxy) is 1. The summed E-state index contributed by atoms with van der Waals surface area (Å²) < 4.78 is 7.90. The number of aryl methyl sites for hydroxylation is 3. The highest BCUT2D eigenvalue weighted by Gasteiger charge is 2.10. The van der Waals surface area contributed by atoms with Crippen LogP contribution in [0.1, 0.15) is 36.9 Å². The lowest BCUT2D eigenvalue weighted by atomic mass is 10.0. The standard InChI is InChI=1S/C22H20N4O2.C2H6.H2/c1-13-10-15(4-6-18(13)22(23)27)20-11-17(8-9-24-20)28-16-5-7-19-14(2)25-26(3)21(19)12-16;1-2;/h4-12H,1-3H3,(H2,23,27);1-2H3;1H. The molecule has 0 aliphatic rings. The van der Waals surface area contributed by atoms with Gasteiger partial charge in [-0.1, -0.05) is 19.9 Å². The molecule has 2 aromatic heterocycles. The van der Waals surface area contributed by atoms with Crippen molar-refractivity contribution in [1.82, 2.24) is 14.8 Å². The van der Waals surface area contributed by atoms with Gasteiger partial charge in [0.2, 0.25) is 5.91 Å². The fourth-order valence-electron chi connectivity index (χ4n) is 3.35. The molecule has 2 aromatic carbocycles. The molecule has 0 radical (unpaired) electrons. The molecule has 156 valence electrons. The van der Waals surface area contributed by atoms with Crippen LogP contribution in [0.3, 0.4) is 0 Å². The Morgan fingerprint density at radius 1 is 1.03 bits per heavy atom. The summed E-state index contributed by atoms with van der Waals surface area (Å²) in [5, 5.41) is 5.54. The minimum Gasteiger partial charge on any atom is -0.457 e. The van der Waals surface area contributed by atoms with E-state index in [0.29, 0.717) is 11.3 Å². The van der Waals surface area contributed by atoms with Crippen LogP contribution in [-0.2, 0) is 7.05 Å². The Balaban J connectivity index is 0.00000111. The molecule has 4 rings (SSSR count). The summed E-state index contributed by atoms with van der Waals surface area (Å²) in [4.78, 5) is 15.8. The highest BCUT2D eigenvalue weighted by atomic mass is 16.5. The van der Waals surface area contributed by atoms with Gasteiger partial charge in [-0.05, 0) is 49.7 Å². The molecule has 4 aromatic rings. The molecule has 0 saturated heterocycles. The van der Waals surface area contributed by atoms with Crippen LogP contribution in [0.5, 0.6) is 11.5 Å². The van der Waals surface area contributed by atoms with Gasteiger partial charge in [-0.15, -0.1) is 0 Å². The monoisotopic (exact) mass is 404 g/mol. The molecule has 0 atom stereocenters. The average Bonchev–Trinajstić information content (AvgIpc) is 3.02. The van der Waals surface area contributed by atoms with E-state index in [9.17, 15) is 4.79 Å². The zero-order valence-corrected chi connectivity index (χ0v) is 17.9. The maximum absolute atomic E-state index is 11.4. The lowest BCUT2D eigenvalue weighted by Gasteiger charge is -2.09. The number of pyridine rings is 1. The number of primary amides is 1. The Kier molecular flexibility index (Phi) is 6.16. The van der Waals surface area contributed by atoms with Crippen molar-refractivity contribution in [3.8, 4) is 22.8 Å². The number of benzene rings is 2. The van der Waals surface area contributed by atoms with Gasteiger partial charge in [0, 0.05) is 43.3 Å². The molecule has 0 unspecified atom stereocenters. The van der Waals surface area contributed by atoms with E-state index in [1.54, 1.807) is 12.3 Å². The maximum atomic E-state index is 11.4. The van der Waals surface area contributed by atoms with Crippen LogP contribution in [0.15, 0.2) is 54.7 Å². The van der Waals surface area contributed by atoms with Gasteiger partial charge in [-0.2, -0.15) is 5.10 Å². The minimum atomic E-state index is -0.435. The van der Waals surface area contributed by atoms with Crippen molar-refractivity contribution in [3.05, 3.63) is 71.5 Å². The Labute approximate surface area is 177 Å². The van der Waals surface area contributed by atoms with Crippen molar-refractivity contribution in [3.63, 3.8) is 0 Å². The predicted molar refractivity (Wildman–Crippen MR) is 122 cm³/mol. The van der Waals surface area contributed by atoms with Gasteiger partial charge < -0.3 is 10.5 Å². The summed E-state index contributed by atoms with van der Waals surface area (Å²) in [6.45, 7) is 7.85. The molecule has 0 spiro atoms. The number of fused-ring (bicyclic) bond motifs is 1. The number of nitrogens with two attached hydrogens (primary N) is 1. The van der Waals surface area contributed by atoms with Gasteiger partial charge in [0.1, 0.15) is 11.5 Å². The Morgan fingerprint density at radius 2 is 1.77 bits per heavy atom. The lowest BCUT2D eigenvalue weighted by Crippen LogP contribution is -2.12. The second kappa shape index (κ2) is 8.78. The van der Waals surface area contributed by atoms with E-state index in [1.165, 1.54) is 0 Å². The first-order chi connectivity index (χ1) is 14.4. The molecule has 1 amide bonds. The number of hydrogen-bond acceptors (Lipinski definition) is 4. The van der Waals surface area contributed by atoms with Crippen LogP contribution in [0.25, 0.3) is 22.2 Å². The number of nitrogens with zero attached hydrogens (tertiary/aromatic N) is 3. The van der Waals surface area contributed by atoms with Crippen molar-refractivity contribution in [1.29, 1.82) is 0 Å². The van der Waals surface area contributed by atoms with E-state index in [0.717, 1.165) is 39.2 Å². The molecule has 0 fully saturated rings. The van der Waals surface area contributed by atoms with Crippen LogP contribution in [0.2, 0.25) is 0 Å². The van der Waals surface area contributed by atoms with Crippen LogP contribution in [-0.4, -0.2) is 20.7 Å². The number of carbonyl (C=O) groups excluding carboxylic acids is 1. The lowest BCUT2D eigenvalue weighted by molar-refractivity contribution is 0.0999. The third-order valence-electron chi connectivity index (χ3n) is 4.76. The topological polar surface area (TPSA) is 83.0 Å². The molecule has 2 N–H and O–H groups in total. The Hall–Kier alpha value is -3.67. The molecule has 2 heterocycles. The summed E-state index contributed by atoms with van der Waals surface area (Å²) >= 11 is 0. The average molecular weight is 405 g/mol. The van der Waals surface area contributed by atoms with Crippen molar-refractivity contribution in [2.75, 3.05) is 0 Å². The molecule has 6 heteroatoms.